The number of carbonyl (C=O) groups is 1. The largest absolute Gasteiger partial charge is 0.461 e. The SMILES string of the molecule is Cc1ccc(S(=O)(=O)CC(=O)c2ccco2)cc1C. The van der Waals surface area contributed by atoms with Crippen molar-refractivity contribution in [2.45, 2.75) is 18.7 Å². The number of hydrogen-bond donors (Lipinski definition) is 0. The van der Waals surface area contributed by atoms with Crippen LogP contribution in [0.5, 0.6) is 0 Å². The topological polar surface area (TPSA) is 64.3 Å². The lowest BCUT2D eigenvalue weighted by molar-refractivity contribution is 0.0990. The molecule has 1 heterocycles. The number of Topliss-reactive ketones (excluding diaryl/α,β-unsaturated/α-hetero) is 1. The average molecular weight is 278 g/mol. The minimum Gasteiger partial charge on any atom is -0.461 e. The van der Waals surface area contributed by atoms with Crippen LogP contribution in [-0.2, 0) is 9.84 Å². The van der Waals surface area contributed by atoms with E-state index in [0.717, 1.165) is 11.1 Å². The molecular formula is C14H14O4S. The Balaban J connectivity index is 2.28. The number of carbonyl (C=O) groups excluding carboxylic acids is 1. The molecule has 2 aromatic rings. The van der Waals surface area contributed by atoms with Gasteiger partial charge in [0.1, 0.15) is 5.75 Å². The fourth-order valence-corrected chi connectivity index (χ4v) is 2.96. The predicted octanol–water partition coefficient (Wildman–Crippen LogP) is 2.55. The van der Waals surface area contributed by atoms with Gasteiger partial charge < -0.3 is 4.42 Å². The lowest BCUT2D eigenvalue weighted by Gasteiger charge is -2.06. The van der Waals surface area contributed by atoms with E-state index in [-0.39, 0.29) is 10.7 Å². The van der Waals surface area contributed by atoms with E-state index in [0.29, 0.717) is 0 Å². The summed E-state index contributed by atoms with van der Waals surface area (Å²) in [6.45, 7) is 3.74. The maximum Gasteiger partial charge on any atom is 0.213 e. The lowest BCUT2D eigenvalue weighted by atomic mass is 10.1. The number of hydrogen-bond acceptors (Lipinski definition) is 4. The second kappa shape index (κ2) is 5.01. The number of furan rings is 1. The Labute approximate surface area is 112 Å². The summed E-state index contributed by atoms with van der Waals surface area (Å²) >= 11 is 0. The van der Waals surface area contributed by atoms with Crippen LogP contribution in [0.15, 0.2) is 45.9 Å². The Hall–Kier alpha value is -1.88. The van der Waals surface area contributed by atoms with Gasteiger partial charge in [0.15, 0.2) is 15.6 Å². The van der Waals surface area contributed by atoms with Crippen LogP contribution in [0, 0.1) is 13.8 Å². The normalized spacial score (nSPS) is 11.5. The highest BCUT2D eigenvalue weighted by Gasteiger charge is 2.22. The van der Waals surface area contributed by atoms with Crippen molar-refractivity contribution in [2.75, 3.05) is 5.75 Å². The van der Waals surface area contributed by atoms with E-state index in [4.69, 9.17) is 4.42 Å². The molecule has 1 aromatic heterocycles. The molecule has 0 saturated carbocycles. The summed E-state index contributed by atoms with van der Waals surface area (Å²) in [6.07, 6.45) is 1.34. The molecule has 0 amide bonds. The number of sulfone groups is 1. The predicted molar refractivity (Wildman–Crippen MR) is 71.0 cm³/mol. The first-order valence-electron chi connectivity index (χ1n) is 5.77. The summed E-state index contributed by atoms with van der Waals surface area (Å²) in [5, 5.41) is 0. The first-order valence-corrected chi connectivity index (χ1v) is 7.42. The zero-order valence-electron chi connectivity index (χ0n) is 10.7. The minimum atomic E-state index is -3.63. The zero-order valence-corrected chi connectivity index (χ0v) is 11.5. The second-order valence-corrected chi connectivity index (χ2v) is 6.40. The van der Waals surface area contributed by atoms with Crippen LogP contribution in [-0.4, -0.2) is 20.0 Å². The van der Waals surface area contributed by atoms with Gasteiger partial charge in [0, 0.05) is 0 Å². The van der Waals surface area contributed by atoms with Crippen LogP contribution in [0.3, 0.4) is 0 Å². The van der Waals surface area contributed by atoms with Gasteiger partial charge in [-0.1, -0.05) is 6.07 Å². The monoisotopic (exact) mass is 278 g/mol. The molecule has 0 saturated heterocycles. The summed E-state index contributed by atoms with van der Waals surface area (Å²) in [7, 11) is -3.63. The molecule has 100 valence electrons. The van der Waals surface area contributed by atoms with Crippen LogP contribution in [0.4, 0.5) is 0 Å². The molecule has 0 unspecified atom stereocenters. The quantitative estimate of drug-likeness (QED) is 0.806. The fourth-order valence-electron chi connectivity index (χ4n) is 1.67. The van der Waals surface area contributed by atoms with Gasteiger partial charge in [-0.15, -0.1) is 0 Å². The fraction of sp³-hybridized carbons (Fsp3) is 0.214. The van der Waals surface area contributed by atoms with Crippen LogP contribution >= 0.6 is 0 Å². The van der Waals surface area contributed by atoms with E-state index in [2.05, 4.69) is 0 Å². The van der Waals surface area contributed by atoms with Crippen molar-refractivity contribution in [1.82, 2.24) is 0 Å². The van der Waals surface area contributed by atoms with E-state index >= 15 is 0 Å². The Bertz CT molecular complexity index is 697. The molecule has 4 nitrogen and oxygen atoms in total. The Morgan fingerprint density at radius 3 is 2.47 bits per heavy atom. The van der Waals surface area contributed by atoms with E-state index in [1.807, 2.05) is 13.8 Å². The zero-order chi connectivity index (χ0) is 14.0. The van der Waals surface area contributed by atoms with Crippen LogP contribution in [0.1, 0.15) is 21.7 Å². The first kappa shape index (κ1) is 13.5. The van der Waals surface area contributed by atoms with Crippen molar-refractivity contribution in [3.8, 4) is 0 Å². The molecule has 19 heavy (non-hydrogen) atoms. The lowest BCUT2D eigenvalue weighted by Crippen LogP contribution is -2.16. The van der Waals surface area contributed by atoms with Crippen molar-refractivity contribution >= 4 is 15.6 Å². The highest BCUT2D eigenvalue weighted by molar-refractivity contribution is 7.92. The Morgan fingerprint density at radius 2 is 1.89 bits per heavy atom. The molecule has 0 radical (unpaired) electrons. The Kier molecular flexibility index (Phi) is 3.57. The molecule has 0 N–H and O–H groups in total. The van der Waals surface area contributed by atoms with Gasteiger partial charge in [0.25, 0.3) is 0 Å². The second-order valence-electron chi connectivity index (χ2n) is 4.41. The van der Waals surface area contributed by atoms with Crippen molar-refractivity contribution in [3.63, 3.8) is 0 Å². The van der Waals surface area contributed by atoms with Crippen LogP contribution in [0.2, 0.25) is 0 Å². The van der Waals surface area contributed by atoms with E-state index in [1.54, 1.807) is 18.2 Å². The Morgan fingerprint density at radius 1 is 1.16 bits per heavy atom. The maximum atomic E-state index is 12.1. The standard InChI is InChI=1S/C14H14O4S/c1-10-5-6-12(8-11(10)2)19(16,17)9-13(15)14-4-3-7-18-14/h3-8H,9H2,1-2H3. The first-order chi connectivity index (χ1) is 8.90. The molecule has 0 aliphatic rings. The van der Waals surface area contributed by atoms with Crippen molar-refractivity contribution in [3.05, 3.63) is 53.5 Å². The van der Waals surface area contributed by atoms with Crippen molar-refractivity contribution < 1.29 is 17.6 Å². The van der Waals surface area contributed by atoms with Crippen LogP contribution < -0.4 is 0 Å². The van der Waals surface area contributed by atoms with E-state index in [9.17, 15) is 13.2 Å². The third kappa shape index (κ3) is 2.93. The number of benzene rings is 1. The maximum absolute atomic E-state index is 12.1. The molecule has 0 spiro atoms. The van der Waals surface area contributed by atoms with E-state index in [1.165, 1.54) is 18.4 Å². The summed E-state index contributed by atoms with van der Waals surface area (Å²) in [6, 6.07) is 7.85. The van der Waals surface area contributed by atoms with Gasteiger partial charge in [-0.2, -0.15) is 0 Å². The van der Waals surface area contributed by atoms with Gasteiger partial charge in [0.05, 0.1) is 11.2 Å². The molecule has 0 aliphatic carbocycles. The smallest absolute Gasteiger partial charge is 0.213 e. The van der Waals surface area contributed by atoms with Gasteiger partial charge in [0.2, 0.25) is 5.78 Å². The highest BCUT2D eigenvalue weighted by atomic mass is 32.2. The van der Waals surface area contributed by atoms with Gasteiger partial charge in [-0.3, -0.25) is 4.79 Å². The van der Waals surface area contributed by atoms with Crippen LogP contribution in [0.25, 0.3) is 0 Å². The number of ketones is 1. The molecule has 0 aliphatic heterocycles. The summed E-state index contributed by atoms with van der Waals surface area (Å²) in [4.78, 5) is 11.9. The van der Waals surface area contributed by atoms with Crippen molar-refractivity contribution in [2.24, 2.45) is 0 Å². The number of rotatable bonds is 4. The molecule has 5 heteroatoms. The minimum absolute atomic E-state index is 0.0624. The van der Waals surface area contributed by atoms with Gasteiger partial charge >= 0.3 is 0 Å². The third-order valence-electron chi connectivity index (χ3n) is 2.95. The summed E-state index contributed by atoms with van der Waals surface area (Å²) in [5.74, 6) is -1.06. The number of aryl methyl sites for hydroxylation is 2. The molecule has 0 bridgehead atoms. The molecule has 0 fully saturated rings. The van der Waals surface area contributed by atoms with Gasteiger partial charge in [-0.05, 0) is 49.2 Å². The summed E-state index contributed by atoms with van der Waals surface area (Å²) in [5.41, 5.74) is 1.89. The molecular weight excluding hydrogens is 264 g/mol. The third-order valence-corrected chi connectivity index (χ3v) is 4.57. The molecule has 0 atom stereocenters. The molecule has 2 rings (SSSR count). The van der Waals surface area contributed by atoms with Crippen molar-refractivity contribution in [1.29, 1.82) is 0 Å². The average Bonchev–Trinajstić information content (AvgIpc) is 2.85. The van der Waals surface area contributed by atoms with E-state index < -0.39 is 21.4 Å². The summed E-state index contributed by atoms with van der Waals surface area (Å²) < 4.78 is 29.2. The molecule has 1 aromatic carbocycles. The van der Waals surface area contributed by atoms with Gasteiger partial charge in [-0.25, -0.2) is 8.42 Å². The highest BCUT2D eigenvalue weighted by Crippen LogP contribution is 2.17.